The van der Waals surface area contributed by atoms with Crippen molar-refractivity contribution in [2.45, 2.75) is 19.9 Å². The predicted octanol–water partition coefficient (Wildman–Crippen LogP) is 2.67. The van der Waals surface area contributed by atoms with Crippen molar-refractivity contribution in [1.29, 1.82) is 0 Å². The van der Waals surface area contributed by atoms with Gasteiger partial charge in [-0.3, -0.25) is 5.43 Å². The van der Waals surface area contributed by atoms with Crippen molar-refractivity contribution in [2.24, 2.45) is 5.10 Å². The molecule has 2 aromatic rings. The van der Waals surface area contributed by atoms with Crippen LogP contribution < -0.4 is 10.7 Å². The van der Waals surface area contributed by atoms with E-state index in [4.69, 9.17) is 28.6 Å². The van der Waals surface area contributed by atoms with Crippen molar-refractivity contribution >= 4 is 35.1 Å². The van der Waals surface area contributed by atoms with Crippen LogP contribution in [-0.4, -0.2) is 40.9 Å². The predicted molar refractivity (Wildman–Crippen MR) is 101 cm³/mol. The molecule has 0 unspecified atom stereocenters. The third-order valence-electron chi connectivity index (χ3n) is 3.20. The summed E-state index contributed by atoms with van der Waals surface area (Å²) in [6, 6.07) is 9.78. The number of hydrogen-bond donors (Lipinski definition) is 2. The number of hydrazone groups is 1. The molecule has 0 saturated carbocycles. The second-order valence-corrected chi connectivity index (χ2v) is 6.00. The first-order valence-corrected chi connectivity index (χ1v) is 8.20. The van der Waals surface area contributed by atoms with E-state index in [9.17, 15) is 0 Å². The van der Waals surface area contributed by atoms with Crippen molar-refractivity contribution in [3.05, 3.63) is 46.7 Å². The number of nitrogens with one attached hydrogen (secondary N) is 2. The van der Waals surface area contributed by atoms with Crippen LogP contribution >= 0.6 is 23.8 Å². The number of benzene rings is 1. The number of thiocarbonyl (C=S) groups is 1. The Labute approximate surface area is 151 Å². The summed E-state index contributed by atoms with van der Waals surface area (Å²) >= 11 is 11.6. The van der Waals surface area contributed by atoms with E-state index in [0.29, 0.717) is 16.9 Å². The van der Waals surface area contributed by atoms with Gasteiger partial charge in [-0.25, -0.2) is 4.68 Å². The lowest BCUT2D eigenvalue weighted by atomic mass is 10.3. The van der Waals surface area contributed by atoms with Crippen LogP contribution in [0.2, 0.25) is 5.15 Å². The van der Waals surface area contributed by atoms with E-state index < -0.39 is 0 Å². The Morgan fingerprint density at radius 1 is 1.46 bits per heavy atom. The summed E-state index contributed by atoms with van der Waals surface area (Å²) in [6.45, 7) is 4.40. The van der Waals surface area contributed by atoms with E-state index in [-0.39, 0.29) is 6.04 Å². The monoisotopic (exact) mass is 365 g/mol. The molecule has 2 rings (SSSR count). The van der Waals surface area contributed by atoms with E-state index in [1.165, 1.54) is 0 Å². The Morgan fingerprint density at radius 3 is 2.83 bits per heavy atom. The summed E-state index contributed by atoms with van der Waals surface area (Å²) < 4.78 is 6.71. The van der Waals surface area contributed by atoms with E-state index in [0.717, 1.165) is 16.9 Å². The summed E-state index contributed by atoms with van der Waals surface area (Å²) in [4.78, 5) is 0. The minimum absolute atomic E-state index is 0.0938. The van der Waals surface area contributed by atoms with Crippen molar-refractivity contribution in [3.63, 3.8) is 0 Å². The normalized spacial score (nSPS) is 12.3. The summed E-state index contributed by atoms with van der Waals surface area (Å²) in [5.74, 6) is 0. The Morgan fingerprint density at radius 2 is 2.17 bits per heavy atom. The number of methoxy groups -OCH3 is 1. The lowest BCUT2D eigenvalue weighted by molar-refractivity contribution is 0.179. The number of aromatic nitrogens is 2. The highest BCUT2D eigenvalue weighted by Crippen LogP contribution is 2.21. The van der Waals surface area contributed by atoms with E-state index >= 15 is 0 Å². The molecular weight excluding hydrogens is 346 g/mol. The smallest absolute Gasteiger partial charge is 0.187 e. The minimum atomic E-state index is 0.0938. The van der Waals surface area contributed by atoms with Gasteiger partial charge in [0.1, 0.15) is 5.15 Å². The molecule has 0 aliphatic heterocycles. The van der Waals surface area contributed by atoms with Gasteiger partial charge < -0.3 is 10.1 Å². The zero-order valence-electron chi connectivity index (χ0n) is 13.8. The van der Waals surface area contributed by atoms with Crippen LogP contribution in [0.4, 0.5) is 0 Å². The first-order chi connectivity index (χ1) is 11.5. The zero-order chi connectivity index (χ0) is 17.5. The van der Waals surface area contributed by atoms with Crippen molar-refractivity contribution in [2.75, 3.05) is 13.7 Å². The van der Waals surface area contributed by atoms with Gasteiger partial charge in [0.25, 0.3) is 0 Å². The summed E-state index contributed by atoms with van der Waals surface area (Å²) in [6.07, 6.45) is 1.61. The Balaban J connectivity index is 2.05. The van der Waals surface area contributed by atoms with Gasteiger partial charge in [-0.15, -0.1) is 0 Å². The summed E-state index contributed by atoms with van der Waals surface area (Å²) in [5, 5.41) is 12.5. The molecule has 1 aromatic carbocycles. The molecule has 0 radical (unpaired) electrons. The van der Waals surface area contributed by atoms with E-state index in [2.05, 4.69) is 20.9 Å². The molecule has 2 N–H and O–H groups in total. The first kappa shape index (κ1) is 18.4. The number of aryl methyl sites for hydroxylation is 1. The highest BCUT2D eigenvalue weighted by molar-refractivity contribution is 7.80. The lowest BCUT2D eigenvalue weighted by Crippen LogP contribution is -2.40. The molecular formula is C16H20ClN5OS. The molecule has 0 amide bonds. The Kier molecular flexibility index (Phi) is 6.72. The number of halogens is 1. The van der Waals surface area contributed by atoms with Gasteiger partial charge in [0.15, 0.2) is 5.11 Å². The molecule has 0 spiro atoms. The number of hydrogen-bond acceptors (Lipinski definition) is 4. The molecule has 1 heterocycles. The quantitative estimate of drug-likeness (QED) is 0.468. The Hall–Kier alpha value is -1.96. The molecule has 0 bridgehead atoms. The van der Waals surface area contributed by atoms with Crippen LogP contribution in [0.5, 0.6) is 0 Å². The molecule has 8 heteroatoms. The van der Waals surface area contributed by atoms with Crippen LogP contribution in [0.15, 0.2) is 35.4 Å². The standard InChI is InChI=1S/C16H20ClN5OS/c1-11(10-23-3)19-16(24)20-18-9-14-12(2)21-22(15(14)17)13-7-5-4-6-8-13/h4-9,11H,10H2,1-3H3,(H2,19,20,24)/b18-9-/t11-/m0/s1. The molecule has 0 aliphatic carbocycles. The maximum Gasteiger partial charge on any atom is 0.187 e. The molecule has 128 valence electrons. The van der Waals surface area contributed by atoms with Gasteiger partial charge in [0, 0.05) is 13.2 Å². The van der Waals surface area contributed by atoms with Crippen molar-refractivity contribution in [1.82, 2.24) is 20.5 Å². The zero-order valence-corrected chi connectivity index (χ0v) is 15.4. The molecule has 0 saturated heterocycles. The van der Waals surface area contributed by atoms with Crippen LogP contribution in [0.3, 0.4) is 0 Å². The third-order valence-corrected chi connectivity index (χ3v) is 3.78. The Bertz CT molecular complexity index is 717. The fraction of sp³-hybridized carbons (Fsp3) is 0.312. The van der Waals surface area contributed by atoms with Gasteiger partial charge in [-0.2, -0.15) is 10.2 Å². The van der Waals surface area contributed by atoms with Crippen molar-refractivity contribution in [3.8, 4) is 5.69 Å². The second kappa shape index (κ2) is 8.77. The molecule has 6 nitrogen and oxygen atoms in total. The highest BCUT2D eigenvalue weighted by atomic mass is 35.5. The maximum atomic E-state index is 6.42. The number of nitrogens with zero attached hydrogens (tertiary/aromatic N) is 3. The topological polar surface area (TPSA) is 63.5 Å². The van der Waals surface area contributed by atoms with Gasteiger partial charge in [-0.05, 0) is 38.2 Å². The maximum absolute atomic E-state index is 6.42. The fourth-order valence-corrected chi connectivity index (χ4v) is 2.68. The molecule has 0 fully saturated rings. The van der Waals surface area contributed by atoms with Gasteiger partial charge in [0.2, 0.25) is 0 Å². The third kappa shape index (κ3) is 4.77. The van der Waals surface area contributed by atoms with Crippen molar-refractivity contribution < 1.29 is 4.74 Å². The van der Waals surface area contributed by atoms with Crippen LogP contribution in [0, 0.1) is 6.92 Å². The highest BCUT2D eigenvalue weighted by Gasteiger charge is 2.13. The number of ether oxygens (including phenoxy) is 1. The lowest BCUT2D eigenvalue weighted by Gasteiger charge is -2.13. The van der Waals surface area contributed by atoms with Crippen LogP contribution in [0.1, 0.15) is 18.2 Å². The summed E-state index contributed by atoms with van der Waals surface area (Å²) in [7, 11) is 1.64. The molecule has 24 heavy (non-hydrogen) atoms. The van der Waals surface area contributed by atoms with Crippen LogP contribution in [-0.2, 0) is 4.74 Å². The average Bonchev–Trinajstić information content (AvgIpc) is 2.84. The SMILES string of the molecule is COC[C@H](C)NC(=S)N/N=C\c1c(C)nn(-c2ccccc2)c1Cl. The first-order valence-electron chi connectivity index (χ1n) is 7.42. The average molecular weight is 366 g/mol. The van der Waals surface area contributed by atoms with Gasteiger partial charge >= 0.3 is 0 Å². The fourth-order valence-electron chi connectivity index (χ4n) is 2.10. The molecule has 1 aromatic heterocycles. The van der Waals surface area contributed by atoms with Gasteiger partial charge in [-0.1, -0.05) is 29.8 Å². The van der Waals surface area contributed by atoms with Crippen LogP contribution in [0.25, 0.3) is 5.69 Å². The minimum Gasteiger partial charge on any atom is -0.383 e. The molecule has 1 atom stereocenters. The second-order valence-electron chi connectivity index (χ2n) is 5.24. The molecule has 0 aliphatic rings. The largest absolute Gasteiger partial charge is 0.383 e. The van der Waals surface area contributed by atoms with E-state index in [1.54, 1.807) is 18.0 Å². The number of rotatable bonds is 6. The van der Waals surface area contributed by atoms with E-state index in [1.807, 2.05) is 44.2 Å². The summed E-state index contributed by atoms with van der Waals surface area (Å²) in [5.41, 5.74) is 5.17. The number of para-hydroxylation sites is 1. The van der Waals surface area contributed by atoms with Gasteiger partial charge in [0.05, 0.1) is 29.8 Å².